The zero-order valence-corrected chi connectivity index (χ0v) is 13.0. The maximum atomic E-state index is 13.8. The van der Waals surface area contributed by atoms with Crippen LogP contribution in [0.5, 0.6) is 0 Å². The summed E-state index contributed by atoms with van der Waals surface area (Å²) < 4.78 is 15.7. The summed E-state index contributed by atoms with van der Waals surface area (Å²) in [5.74, 6) is 0.0168. The van der Waals surface area contributed by atoms with Crippen LogP contribution in [0.4, 0.5) is 10.3 Å². The molecular formula is C14H13FN4S2. The molecule has 0 saturated heterocycles. The van der Waals surface area contributed by atoms with E-state index < -0.39 is 5.82 Å². The summed E-state index contributed by atoms with van der Waals surface area (Å²) in [5, 5.41) is 3.35. The summed E-state index contributed by atoms with van der Waals surface area (Å²) >= 11 is 2.76. The van der Waals surface area contributed by atoms with Crippen LogP contribution in [0.1, 0.15) is 13.3 Å². The zero-order valence-electron chi connectivity index (χ0n) is 11.3. The molecular weight excluding hydrogens is 307 g/mol. The standard InChI is InChI=1S/C14H13FN4S2/c1-2-7-16-13-17-8-9(15)12(19-13)21-14-18-10-5-3-4-6-11(10)20-14/h3-6,8H,2,7H2,1H3,(H,16,17,19). The molecule has 0 aliphatic rings. The van der Waals surface area contributed by atoms with Gasteiger partial charge in [-0.1, -0.05) is 19.1 Å². The summed E-state index contributed by atoms with van der Waals surface area (Å²) in [5.41, 5.74) is 0.920. The fourth-order valence-electron chi connectivity index (χ4n) is 1.72. The molecule has 0 atom stereocenters. The molecule has 2 heterocycles. The van der Waals surface area contributed by atoms with Crippen molar-refractivity contribution < 1.29 is 4.39 Å². The highest BCUT2D eigenvalue weighted by molar-refractivity contribution is 8.01. The molecule has 0 unspecified atom stereocenters. The van der Waals surface area contributed by atoms with Gasteiger partial charge in [0.15, 0.2) is 10.2 Å². The second-order valence-electron chi connectivity index (χ2n) is 4.32. The highest BCUT2D eigenvalue weighted by Gasteiger charge is 2.12. The molecule has 0 radical (unpaired) electrons. The fourth-order valence-corrected chi connectivity index (χ4v) is 3.68. The number of rotatable bonds is 5. The number of benzene rings is 1. The van der Waals surface area contributed by atoms with E-state index in [1.807, 2.05) is 31.2 Å². The van der Waals surface area contributed by atoms with Crippen LogP contribution in [0.3, 0.4) is 0 Å². The lowest BCUT2D eigenvalue weighted by molar-refractivity contribution is 0.579. The van der Waals surface area contributed by atoms with E-state index >= 15 is 0 Å². The van der Waals surface area contributed by atoms with E-state index in [0.29, 0.717) is 11.0 Å². The number of para-hydroxylation sites is 1. The van der Waals surface area contributed by atoms with Gasteiger partial charge >= 0.3 is 0 Å². The van der Waals surface area contributed by atoms with E-state index in [-0.39, 0.29) is 0 Å². The normalized spacial score (nSPS) is 11.0. The molecule has 0 saturated carbocycles. The minimum absolute atomic E-state index is 0.294. The average Bonchev–Trinajstić information content (AvgIpc) is 2.90. The molecule has 1 N–H and O–H groups in total. The fraction of sp³-hybridized carbons (Fsp3) is 0.214. The van der Waals surface area contributed by atoms with Crippen molar-refractivity contribution in [2.45, 2.75) is 22.7 Å². The predicted molar refractivity (Wildman–Crippen MR) is 84.5 cm³/mol. The maximum Gasteiger partial charge on any atom is 0.223 e. The molecule has 7 heteroatoms. The molecule has 0 aliphatic carbocycles. The van der Waals surface area contributed by atoms with E-state index in [1.54, 1.807) is 0 Å². The summed E-state index contributed by atoms with van der Waals surface area (Å²) in [6.45, 7) is 2.81. The van der Waals surface area contributed by atoms with Gasteiger partial charge in [-0.05, 0) is 30.3 Å². The molecule has 0 amide bonds. The molecule has 3 aromatic rings. The molecule has 0 bridgehead atoms. The molecule has 1 aromatic carbocycles. The van der Waals surface area contributed by atoms with Crippen molar-refractivity contribution in [3.05, 3.63) is 36.3 Å². The quantitative estimate of drug-likeness (QED) is 0.714. The lowest BCUT2D eigenvalue weighted by atomic mass is 10.3. The topological polar surface area (TPSA) is 50.7 Å². The Morgan fingerprint density at radius 1 is 1.29 bits per heavy atom. The minimum Gasteiger partial charge on any atom is -0.354 e. The Balaban J connectivity index is 1.86. The van der Waals surface area contributed by atoms with Crippen molar-refractivity contribution in [3.8, 4) is 0 Å². The molecule has 0 fully saturated rings. The van der Waals surface area contributed by atoms with Gasteiger partial charge in [0.05, 0.1) is 16.4 Å². The smallest absolute Gasteiger partial charge is 0.223 e. The Kier molecular flexibility index (Phi) is 4.31. The van der Waals surface area contributed by atoms with E-state index in [0.717, 1.165) is 27.5 Å². The van der Waals surface area contributed by atoms with Gasteiger partial charge < -0.3 is 5.32 Å². The van der Waals surface area contributed by atoms with Crippen molar-refractivity contribution in [2.75, 3.05) is 11.9 Å². The minimum atomic E-state index is -0.429. The van der Waals surface area contributed by atoms with Crippen molar-refractivity contribution in [1.29, 1.82) is 0 Å². The third-order valence-corrected chi connectivity index (χ3v) is 4.78. The predicted octanol–water partition coefficient (Wildman–Crippen LogP) is 4.20. The summed E-state index contributed by atoms with van der Waals surface area (Å²) in [4.78, 5) is 12.6. The highest BCUT2D eigenvalue weighted by atomic mass is 32.2. The Hall–Kier alpha value is -1.73. The van der Waals surface area contributed by atoms with Crippen LogP contribution in [-0.2, 0) is 0 Å². The third-order valence-electron chi connectivity index (χ3n) is 2.70. The number of halogens is 1. The number of anilines is 1. The number of nitrogens with zero attached hydrogens (tertiary/aromatic N) is 3. The van der Waals surface area contributed by atoms with Gasteiger partial charge in [-0.25, -0.2) is 19.3 Å². The van der Waals surface area contributed by atoms with Gasteiger partial charge in [0, 0.05) is 6.54 Å². The lowest BCUT2D eigenvalue weighted by Gasteiger charge is -2.04. The van der Waals surface area contributed by atoms with Gasteiger partial charge in [0.2, 0.25) is 5.95 Å². The largest absolute Gasteiger partial charge is 0.354 e. The molecule has 4 nitrogen and oxygen atoms in total. The van der Waals surface area contributed by atoms with E-state index in [4.69, 9.17) is 0 Å². The van der Waals surface area contributed by atoms with Gasteiger partial charge in [-0.15, -0.1) is 11.3 Å². The molecule has 3 rings (SSSR count). The molecule has 21 heavy (non-hydrogen) atoms. The highest BCUT2D eigenvalue weighted by Crippen LogP contribution is 2.34. The van der Waals surface area contributed by atoms with Crippen LogP contribution >= 0.6 is 23.1 Å². The SMILES string of the molecule is CCCNc1ncc(F)c(Sc2nc3ccccc3s2)n1. The molecule has 0 aliphatic heterocycles. The van der Waals surface area contributed by atoms with Crippen LogP contribution in [-0.4, -0.2) is 21.5 Å². The Morgan fingerprint density at radius 3 is 2.95 bits per heavy atom. The Morgan fingerprint density at radius 2 is 2.14 bits per heavy atom. The van der Waals surface area contributed by atoms with Crippen LogP contribution in [0.25, 0.3) is 10.2 Å². The van der Waals surface area contributed by atoms with E-state index in [9.17, 15) is 4.39 Å². The first-order chi connectivity index (χ1) is 10.3. The van der Waals surface area contributed by atoms with Crippen molar-refractivity contribution in [3.63, 3.8) is 0 Å². The van der Waals surface area contributed by atoms with Crippen LogP contribution in [0.2, 0.25) is 0 Å². The van der Waals surface area contributed by atoms with Crippen molar-refractivity contribution >= 4 is 39.3 Å². The average molecular weight is 320 g/mol. The number of fused-ring (bicyclic) bond motifs is 1. The van der Waals surface area contributed by atoms with Gasteiger partial charge in [-0.3, -0.25) is 0 Å². The first-order valence-corrected chi connectivity index (χ1v) is 8.19. The Bertz CT molecular complexity index is 727. The van der Waals surface area contributed by atoms with Gasteiger partial charge in [-0.2, -0.15) is 0 Å². The van der Waals surface area contributed by atoms with E-state index in [2.05, 4.69) is 20.3 Å². The summed E-state index contributed by atoms with van der Waals surface area (Å²) in [7, 11) is 0. The van der Waals surface area contributed by atoms with Gasteiger partial charge in [0.25, 0.3) is 0 Å². The third kappa shape index (κ3) is 3.30. The maximum absolute atomic E-state index is 13.8. The van der Waals surface area contributed by atoms with Crippen molar-refractivity contribution in [2.24, 2.45) is 0 Å². The van der Waals surface area contributed by atoms with Crippen LogP contribution in [0, 0.1) is 5.82 Å². The first-order valence-electron chi connectivity index (χ1n) is 6.56. The molecule has 0 spiro atoms. The lowest BCUT2D eigenvalue weighted by Crippen LogP contribution is -2.05. The number of thiazole rings is 1. The first kappa shape index (κ1) is 14.2. The van der Waals surface area contributed by atoms with Crippen LogP contribution in [0.15, 0.2) is 39.8 Å². The number of nitrogens with one attached hydrogen (secondary N) is 1. The molecule has 108 valence electrons. The number of aromatic nitrogens is 3. The summed E-state index contributed by atoms with van der Waals surface area (Å²) in [6, 6.07) is 7.85. The zero-order chi connectivity index (χ0) is 14.7. The monoisotopic (exact) mass is 320 g/mol. The Labute approximate surface area is 129 Å². The van der Waals surface area contributed by atoms with Crippen molar-refractivity contribution in [1.82, 2.24) is 15.0 Å². The number of hydrogen-bond donors (Lipinski definition) is 1. The summed E-state index contributed by atoms with van der Waals surface area (Å²) in [6.07, 6.45) is 2.15. The number of hydrogen-bond acceptors (Lipinski definition) is 6. The van der Waals surface area contributed by atoms with Gasteiger partial charge in [0.1, 0.15) is 5.03 Å². The van der Waals surface area contributed by atoms with E-state index in [1.165, 1.54) is 29.3 Å². The second kappa shape index (κ2) is 6.36. The second-order valence-corrected chi connectivity index (χ2v) is 6.59. The van der Waals surface area contributed by atoms with Crippen LogP contribution < -0.4 is 5.32 Å². The molecule has 2 aromatic heterocycles.